The van der Waals surface area contributed by atoms with Crippen LogP contribution in [0.5, 0.6) is 0 Å². The summed E-state index contributed by atoms with van der Waals surface area (Å²) < 4.78 is 3.19. The fourth-order valence-electron chi connectivity index (χ4n) is 2.72. The Morgan fingerprint density at radius 2 is 1.91 bits per heavy atom. The summed E-state index contributed by atoms with van der Waals surface area (Å²) in [5.74, 6) is 0.429. The molecule has 1 aromatic heterocycles. The number of carbonyl (C=O) groups excluding carboxylic acids is 1. The first-order valence-corrected chi connectivity index (χ1v) is 7.16. The summed E-state index contributed by atoms with van der Waals surface area (Å²) in [4.78, 5) is 24.1. The van der Waals surface area contributed by atoms with Gasteiger partial charge in [-0.1, -0.05) is 6.92 Å². The van der Waals surface area contributed by atoms with Gasteiger partial charge in [0.15, 0.2) is 0 Å². The van der Waals surface area contributed by atoms with E-state index in [0.717, 1.165) is 29.8 Å². The molecule has 0 spiro atoms. The predicted octanol–water partition coefficient (Wildman–Crippen LogP) is 1.09. The maximum atomic E-state index is 12.2. The van der Waals surface area contributed by atoms with Gasteiger partial charge >= 0.3 is 5.69 Å². The molecule has 0 radical (unpaired) electrons. The second kappa shape index (κ2) is 6.14. The molecule has 1 amide bonds. The van der Waals surface area contributed by atoms with E-state index in [0.29, 0.717) is 5.92 Å². The second-order valence-corrected chi connectivity index (χ2v) is 5.80. The van der Waals surface area contributed by atoms with Crippen molar-refractivity contribution in [3.05, 3.63) is 28.7 Å². The highest BCUT2D eigenvalue weighted by molar-refractivity contribution is 5.94. The quantitative estimate of drug-likeness (QED) is 0.888. The Morgan fingerprint density at radius 3 is 2.50 bits per heavy atom. The van der Waals surface area contributed by atoms with Crippen LogP contribution in [0.25, 0.3) is 11.0 Å². The minimum Gasteiger partial charge on any atom is -0.326 e. The van der Waals surface area contributed by atoms with E-state index in [2.05, 4.69) is 10.6 Å². The third-order valence-electron chi connectivity index (χ3n) is 4.47. The topological polar surface area (TPSA) is 68.1 Å². The van der Waals surface area contributed by atoms with Crippen LogP contribution in [0, 0.1) is 11.8 Å². The zero-order valence-electron chi connectivity index (χ0n) is 12.9. The highest BCUT2D eigenvalue weighted by Gasteiger charge is 2.28. The molecule has 1 fully saturated rings. The van der Waals surface area contributed by atoms with Crippen molar-refractivity contribution in [2.75, 3.05) is 18.4 Å². The van der Waals surface area contributed by atoms with Gasteiger partial charge in [-0.3, -0.25) is 13.9 Å². The van der Waals surface area contributed by atoms with Gasteiger partial charge in [0.1, 0.15) is 0 Å². The lowest BCUT2D eigenvalue weighted by atomic mass is 9.88. The Balaban J connectivity index is 0.00000176. The summed E-state index contributed by atoms with van der Waals surface area (Å²) in [5.41, 5.74) is 2.34. The molecule has 6 nitrogen and oxygen atoms in total. The van der Waals surface area contributed by atoms with Crippen LogP contribution in [-0.4, -0.2) is 28.1 Å². The Hall–Kier alpha value is -1.79. The number of nitrogens with one attached hydrogen (secondary N) is 2. The third kappa shape index (κ3) is 2.64. The number of anilines is 1. The molecule has 1 atom stereocenters. The lowest BCUT2D eigenvalue weighted by Gasteiger charge is -2.31. The van der Waals surface area contributed by atoms with E-state index in [1.165, 1.54) is 0 Å². The van der Waals surface area contributed by atoms with Crippen LogP contribution in [0.2, 0.25) is 0 Å². The molecule has 3 rings (SSSR count). The van der Waals surface area contributed by atoms with Gasteiger partial charge in [-0.15, -0.1) is 12.4 Å². The molecule has 1 aliphatic heterocycles. The fourth-order valence-corrected chi connectivity index (χ4v) is 2.72. The molecular formula is C15H21ClN4O2. The van der Waals surface area contributed by atoms with Gasteiger partial charge in [0.25, 0.3) is 0 Å². The van der Waals surface area contributed by atoms with Crippen molar-refractivity contribution >= 4 is 35.0 Å². The van der Waals surface area contributed by atoms with Gasteiger partial charge in [0.2, 0.25) is 5.91 Å². The van der Waals surface area contributed by atoms with Crippen LogP contribution >= 0.6 is 12.4 Å². The van der Waals surface area contributed by atoms with Crippen LogP contribution in [0.1, 0.15) is 6.92 Å². The number of aromatic nitrogens is 2. The number of fused-ring (bicyclic) bond motifs is 1. The molecule has 1 aliphatic rings. The molecule has 0 aliphatic carbocycles. The van der Waals surface area contributed by atoms with E-state index in [1.54, 1.807) is 23.2 Å². The zero-order chi connectivity index (χ0) is 15.1. The molecule has 1 unspecified atom stereocenters. The van der Waals surface area contributed by atoms with Crippen molar-refractivity contribution in [3.63, 3.8) is 0 Å². The number of hydrogen-bond acceptors (Lipinski definition) is 3. The average Bonchev–Trinajstić information content (AvgIpc) is 2.62. The minimum absolute atomic E-state index is 0. The first kappa shape index (κ1) is 16.6. The zero-order valence-corrected chi connectivity index (χ0v) is 13.7. The van der Waals surface area contributed by atoms with Crippen LogP contribution in [0.3, 0.4) is 0 Å². The fraction of sp³-hybridized carbons (Fsp3) is 0.467. The first-order valence-electron chi connectivity index (χ1n) is 7.16. The van der Waals surface area contributed by atoms with Crippen LogP contribution in [0.15, 0.2) is 23.0 Å². The maximum Gasteiger partial charge on any atom is 0.328 e. The molecule has 7 heteroatoms. The highest BCUT2D eigenvalue weighted by Crippen LogP contribution is 2.21. The number of benzene rings is 1. The van der Waals surface area contributed by atoms with E-state index >= 15 is 0 Å². The molecule has 0 bridgehead atoms. The highest BCUT2D eigenvalue weighted by atomic mass is 35.5. The Bertz CT molecular complexity index is 761. The van der Waals surface area contributed by atoms with Crippen molar-refractivity contribution in [1.82, 2.24) is 14.5 Å². The third-order valence-corrected chi connectivity index (χ3v) is 4.47. The smallest absolute Gasteiger partial charge is 0.326 e. The Morgan fingerprint density at radius 1 is 1.27 bits per heavy atom. The van der Waals surface area contributed by atoms with E-state index in [9.17, 15) is 9.59 Å². The number of aryl methyl sites for hydroxylation is 2. The molecule has 2 N–H and O–H groups in total. The van der Waals surface area contributed by atoms with Gasteiger partial charge in [-0.2, -0.15) is 0 Å². The summed E-state index contributed by atoms with van der Waals surface area (Å²) >= 11 is 0. The lowest BCUT2D eigenvalue weighted by Crippen LogP contribution is -2.48. The van der Waals surface area contributed by atoms with Crippen LogP contribution in [0.4, 0.5) is 5.69 Å². The van der Waals surface area contributed by atoms with Crippen molar-refractivity contribution in [3.8, 4) is 0 Å². The van der Waals surface area contributed by atoms with Crippen molar-refractivity contribution in [2.24, 2.45) is 25.9 Å². The monoisotopic (exact) mass is 324 g/mol. The molecule has 1 aromatic carbocycles. The van der Waals surface area contributed by atoms with Gasteiger partial charge in [0.05, 0.1) is 11.0 Å². The lowest BCUT2D eigenvalue weighted by molar-refractivity contribution is -0.121. The standard InChI is InChI=1S/C15H20N4O2.ClH/c1-9(10-7-16-8-10)14(20)17-11-4-5-12-13(6-11)19(3)15(21)18(12)2;/h4-6,9-10,16H,7-8H2,1-3H3,(H,17,20);1H. The van der Waals surface area contributed by atoms with E-state index in [-0.39, 0.29) is 29.9 Å². The average molecular weight is 325 g/mol. The summed E-state index contributed by atoms with van der Waals surface area (Å²) in [7, 11) is 3.48. The largest absolute Gasteiger partial charge is 0.328 e. The maximum absolute atomic E-state index is 12.2. The second-order valence-electron chi connectivity index (χ2n) is 5.80. The predicted molar refractivity (Wildman–Crippen MR) is 89.6 cm³/mol. The molecule has 2 heterocycles. The number of amides is 1. The summed E-state index contributed by atoms with van der Waals surface area (Å²) in [6, 6.07) is 5.55. The number of carbonyl (C=O) groups is 1. The number of nitrogens with zero attached hydrogens (tertiary/aromatic N) is 2. The molecule has 120 valence electrons. The molecule has 0 saturated carbocycles. The van der Waals surface area contributed by atoms with Gasteiger partial charge < -0.3 is 10.6 Å². The normalized spacial score (nSPS) is 16.0. The van der Waals surface area contributed by atoms with Crippen molar-refractivity contribution < 1.29 is 4.79 Å². The van der Waals surface area contributed by atoms with E-state index in [1.807, 2.05) is 25.1 Å². The first-order chi connectivity index (χ1) is 9.99. The van der Waals surface area contributed by atoms with Crippen molar-refractivity contribution in [2.45, 2.75) is 6.92 Å². The van der Waals surface area contributed by atoms with Gasteiger partial charge in [-0.25, -0.2) is 4.79 Å². The van der Waals surface area contributed by atoms with Crippen LogP contribution in [-0.2, 0) is 18.9 Å². The van der Waals surface area contributed by atoms with Gasteiger partial charge in [0, 0.05) is 25.7 Å². The number of hydrogen-bond donors (Lipinski definition) is 2. The molecular weight excluding hydrogens is 304 g/mol. The molecule has 1 saturated heterocycles. The SMILES string of the molecule is CC(C(=O)Nc1ccc2c(c1)n(C)c(=O)n2C)C1CNC1.Cl. The van der Waals surface area contributed by atoms with Gasteiger partial charge in [-0.05, 0) is 37.2 Å². The van der Waals surface area contributed by atoms with E-state index in [4.69, 9.17) is 0 Å². The number of imidazole rings is 1. The van der Waals surface area contributed by atoms with Crippen LogP contribution < -0.4 is 16.3 Å². The number of halogens is 1. The molecule has 2 aromatic rings. The Kier molecular flexibility index (Phi) is 4.63. The summed E-state index contributed by atoms with van der Waals surface area (Å²) in [6.45, 7) is 3.76. The Labute approximate surface area is 134 Å². The summed E-state index contributed by atoms with van der Waals surface area (Å²) in [5, 5.41) is 6.13. The van der Waals surface area contributed by atoms with Crippen molar-refractivity contribution in [1.29, 1.82) is 0 Å². The minimum atomic E-state index is -0.0672. The summed E-state index contributed by atoms with van der Waals surface area (Å²) in [6.07, 6.45) is 0. The molecule has 22 heavy (non-hydrogen) atoms. The number of rotatable bonds is 3. The van der Waals surface area contributed by atoms with E-state index < -0.39 is 0 Å².